The van der Waals surface area contributed by atoms with Crippen LogP contribution in [-0.4, -0.2) is 31.6 Å². The van der Waals surface area contributed by atoms with Crippen LogP contribution < -0.4 is 0 Å². The van der Waals surface area contributed by atoms with E-state index < -0.39 is 0 Å². The second kappa shape index (κ2) is 9.33. The van der Waals surface area contributed by atoms with Gasteiger partial charge in [0, 0.05) is 26.9 Å². The van der Waals surface area contributed by atoms with Crippen LogP contribution in [0.1, 0.15) is 46.0 Å². The molecule has 16 heavy (non-hydrogen) atoms. The summed E-state index contributed by atoms with van der Waals surface area (Å²) < 4.78 is 9.45. The first kappa shape index (κ1) is 15.1. The van der Waals surface area contributed by atoms with Crippen LogP contribution in [0.5, 0.6) is 0 Å². The average Bonchev–Trinajstić information content (AvgIpc) is 2.27. The van der Waals surface area contributed by atoms with Gasteiger partial charge in [-0.2, -0.15) is 0 Å². The van der Waals surface area contributed by atoms with E-state index in [4.69, 9.17) is 4.74 Å². The Morgan fingerprint density at radius 1 is 1.31 bits per heavy atom. The monoisotopic (exact) mass is 230 g/mol. The topological polar surface area (TPSA) is 52.6 Å². The van der Waals surface area contributed by atoms with Crippen molar-refractivity contribution in [2.24, 2.45) is 0 Å². The van der Waals surface area contributed by atoms with Crippen molar-refractivity contribution < 1.29 is 19.1 Å². The van der Waals surface area contributed by atoms with Gasteiger partial charge in [-0.15, -0.1) is 0 Å². The number of rotatable bonds is 3. The Hall–Kier alpha value is -0.900. The fraction of sp³-hybridized carbons (Fsp3) is 0.833. The number of carbonyl (C=O) groups excluding carboxylic acids is 2. The molecule has 0 spiro atoms. The van der Waals surface area contributed by atoms with E-state index in [0.717, 1.165) is 25.7 Å². The van der Waals surface area contributed by atoms with Crippen LogP contribution in [0.25, 0.3) is 0 Å². The number of Topliss-reactive ketones (excluding diaryl/α,β-unsaturated/α-hetero) is 1. The first-order valence-corrected chi connectivity index (χ1v) is 5.74. The van der Waals surface area contributed by atoms with Crippen molar-refractivity contribution in [1.29, 1.82) is 0 Å². The van der Waals surface area contributed by atoms with Gasteiger partial charge in [0.2, 0.25) is 0 Å². The molecule has 1 rings (SSSR count). The van der Waals surface area contributed by atoms with Crippen molar-refractivity contribution in [2.75, 3.05) is 13.7 Å². The largest absolute Gasteiger partial charge is 0.463 e. The molecule has 0 bridgehead atoms. The highest BCUT2D eigenvalue weighted by Gasteiger charge is 2.06. The molecule has 1 saturated carbocycles. The summed E-state index contributed by atoms with van der Waals surface area (Å²) in [5.74, 6) is 0.199. The van der Waals surface area contributed by atoms with E-state index in [9.17, 15) is 9.59 Å². The molecule has 1 atom stereocenters. The van der Waals surface area contributed by atoms with Gasteiger partial charge in [-0.3, -0.25) is 9.59 Å². The van der Waals surface area contributed by atoms with Gasteiger partial charge in [0.05, 0.1) is 6.10 Å². The fourth-order valence-corrected chi connectivity index (χ4v) is 1.25. The standard InChI is InChI=1S/C6H12O3.C6H10O/c1-5(8-3)4-9-6(2)7;7-6-4-2-1-3-5-6/h5H,4H2,1-3H3;1-5H2. The molecule has 1 aliphatic rings. The highest BCUT2D eigenvalue weighted by molar-refractivity contribution is 5.78. The van der Waals surface area contributed by atoms with E-state index in [2.05, 4.69) is 4.74 Å². The van der Waals surface area contributed by atoms with Crippen LogP contribution >= 0.6 is 0 Å². The van der Waals surface area contributed by atoms with E-state index in [1.807, 2.05) is 6.92 Å². The Kier molecular flexibility index (Phi) is 8.81. The summed E-state index contributed by atoms with van der Waals surface area (Å²) in [5, 5.41) is 0. The van der Waals surface area contributed by atoms with Crippen molar-refractivity contribution >= 4 is 11.8 Å². The van der Waals surface area contributed by atoms with Crippen LogP contribution in [0.15, 0.2) is 0 Å². The molecule has 0 radical (unpaired) electrons. The van der Waals surface area contributed by atoms with Crippen LogP contribution in [0.3, 0.4) is 0 Å². The van der Waals surface area contributed by atoms with E-state index in [1.54, 1.807) is 7.11 Å². The maximum absolute atomic E-state index is 10.5. The van der Waals surface area contributed by atoms with Gasteiger partial charge in [-0.1, -0.05) is 6.42 Å². The van der Waals surface area contributed by atoms with Crippen molar-refractivity contribution in [3.05, 3.63) is 0 Å². The van der Waals surface area contributed by atoms with E-state index >= 15 is 0 Å². The van der Waals surface area contributed by atoms with E-state index in [0.29, 0.717) is 12.4 Å². The second-order valence-corrected chi connectivity index (χ2v) is 3.95. The summed E-state index contributed by atoms with van der Waals surface area (Å²) in [5.41, 5.74) is 0. The lowest BCUT2D eigenvalue weighted by Gasteiger charge is -2.07. The maximum Gasteiger partial charge on any atom is 0.302 e. The predicted octanol–water partition coefficient (Wildman–Crippen LogP) is 2.10. The number of ether oxygens (including phenoxy) is 2. The highest BCUT2D eigenvalue weighted by atomic mass is 16.6. The van der Waals surface area contributed by atoms with Gasteiger partial charge < -0.3 is 9.47 Å². The molecule has 4 nitrogen and oxygen atoms in total. The zero-order chi connectivity index (χ0) is 12.4. The van der Waals surface area contributed by atoms with Crippen molar-refractivity contribution in [2.45, 2.75) is 52.1 Å². The molecule has 1 aliphatic carbocycles. The number of carbonyl (C=O) groups is 2. The smallest absolute Gasteiger partial charge is 0.302 e. The summed E-state index contributed by atoms with van der Waals surface area (Å²) in [6, 6.07) is 0. The lowest BCUT2D eigenvalue weighted by molar-refractivity contribution is -0.144. The Labute approximate surface area is 97.3 Å². The quantitative estimate of drug-likeness (QED) is 0.697. The molecule has 0 saturated heterocycles. The number of esters is 1. The Morgan fingerprint density at radius 2 is 1.88 bits per heavy atom. The molecular weight excluding hydrogens is 208 g/mol. The molecule has 0 aromatic carbocycles. The van der Waals surface area contributed by atoms with Crippen molar-refractivity contribution in [1.82, 2.24) is 0 Å². The van der Waals surface area contributed by atoms with Crippen LogP contribution in [0, 0.1) is 0 Å². The van der Waals surface area contributed by atoms with Gasteiger partial charge >= 0.3 is 5.97 Å². The number of hydrogen-bond donors (Lipinski definition) is 0. The summed E-state index contributed by atoms with van der Waals surface area (Å²) in [4.78, 5) is 20.6. The molecular formula is C12H22O4. The lowest BCUT2D eigenvalue weighted by Crippen LogP contribution is -2.15. The van der Waals surface area contributed by atoms with Gasteiger partial charge in [0.15, 0.2) is 0 Å². The zero-order valence-electron chi connectivity index (χ0n) is 10.5. The first-order chi connectivity index (χ1) is 7.56. The summed E-state index contributed by atoms with van der Waals surface area (Å²) in [6.07, 6.45) is 5.23. The van der Waals surface area contributed by atoms with Gasteiger partial charge in [0.25, 0.3) is 0 Å². The van der Waals surface area contributed by atoms with E-state index in [-0.39, 0.29) is 12.1 Å². The number of methoxy groups -OCH3 is 1. The van der Waals surface area contributed by atoms with Crippen molar-refractivity contribution in [3.8, 4) is 0 Å². The van der Waals surface area contributed by atoms with Crippen molar-refractivity contribution in [3.63, 3.8) is 0 Å². The van der Waals surface area contributed by atoms with Crippen LogP contribution in [0.2, 0.25) is 0 Å². The minimum absolute atomic E-state index is 0.00565. The average molecular weight is 230 g/mol. The Balaban J connectivity index is 0.000000288. The normalized spacial score (nSPS) is 17.1. The predicted molar refractivity (Wildman–Crippen MR) is 61.2 cm³/mol. The third kappa shape index (κ3) is 9.65. The third-order valence-electron chi connectivity index (χ3n) is 2.33. The molecule has 0 aromatic heterocycles. The number of ketones is 1. The molecule has 0 aliphatic heterocycles. The van der Waals surface area contributed by atoms with Crippen LogP contribution in [0.4, 0.5) is 0 Å². The molecule has 4 heteroatoms. The highest BCUT2D eigenvalue weighted by Crippen LogP contribution is 2.12. The summed E-state index contributed by atoms with van der Waals surface area (Å²) >= 11 is 0. The molecule has 0 N–H and O–H groups in total. The summed E-state index contributed by atoms with van der Waals surface area (Å²) in [7, 11) is 1.58. The molecule has 1 unspecified atom stereocenters. The molecule has 1 fully saturated rings. The maximum atomic E-state index is 10.5. The van der Waals surface area contributed by atoms with Gasteiger partial charge in [-0.05, 0) is 19.8 Å². The van der Waals surface area contributed by atoms with Gasteiger partial charge in [0.1, 0.15) is 12.4 Å². The first-order valence-electron chi connectivity index (χ1n) is 5.74. The minimum atomic E-state index is -0.265. The summed E-state index contributed by atoms with van der Waals surface area (Å²) in [6.45, 7) is 3.55. The molecule has 0 amide bonds. The van der Waals surface area contributed by atoms with Crippen LogP contribution in [-0.2, 0) is 19.1 Å². The zero-order valence-corrected chi connectivity index (χ0v) is 10.5. The molecule has 94 valence electrons. The number of hydrogen-bond acceptors (Lipinski definition) is 4. The van der Waals surface area contributed by atoms with E-state index in [1.165, 1.54) is 13.3 Å². The third-order valence-corrected chi connectivity index (χ3v) is 2.33. The Bertz CT molecular complexity index is 205. The SMILES string of the molecule is COC(C)COC(C)=O.O=C1CCCCC1. The van der Waals surface area contributed by atoms with Gasteiger partial charge in [-0.25, -0.2) is 0 Å². The molecule has 0 heterocycles. The Morgan fingerprint density at radius 3 is 2.19 bits per heavy atom. The second-order valence-electron chi connectivity index (χ2n) is 3.95. The molecule has 0 aromatic rings. The fourth-order valence-electron chi connectivity index (χ4n) is 1.25. The minimum Gasteiger partial charge on any atom is -0.463 e. The lowest BCUT2D eigenvalue weighted by atomic mass is 10.00.